The van der Waals surface area contributed by atoms with Gasteiger partial charge in [-0.05, 0) is 29.9 Å². The summed E-state index contributed by atoms with van der Waals surface area (Å²) in [5.41, 5.74) is 2.25. The van der Waals surface area contributed by atoms with Gasteiger partial charge in [0.05, 0.1) is 6.61 Å². The monoisotopic (exact) mass is 204 g/mol. The van der Waals surface area contributed by atoms with E-state index in [9.17, 15) is 4.79 Å². The van der Waals surface area contributed by atoms with Gasteiger partial charge in [0.1, 0.15) is 5.78 Å². The number of Topliss-reactive ketones (excluding diaryl/α,β-unsaturated/α-hetero) is 1. The molecule has 0 aromatic heterocycles. The molecule has 1 fully saturated rings. The van der Waals surface area contributed by atoms with E-state index in [2.05, 4.69) is 12.1 Å². The Morgan fingerprint density at radius 1 is 1.13 bits per heavy atom. The van der Waals surface area contributed by atoms with Crippen LogP contribution < -0.4 is 0 Å². The first kappa shape index (κ1) is 10.4. The lowest BCUT2D eigenvalue weighted by Crippen LogP contribution is -2.12. The van der Waals surface area contributed by atoms with Crippen molar-refractivity contribution in [3.05, 3.63) is 35.4 Å². The van der Waals surface area contributed by atoms with E-state index in [-0.39, 0.29) is 6.61 Å². The Morgan fingerprint density at radius 2 is 1.73 bits per heavy atom. The van der Waals surface area contributed by atoms with Crippen molar-refractivity contribution in [3.8, 4) is 0 Å². The summed E-state index contributed by atoms with van der Waals surface area (Å²) in [6, 6.07) is 8.08. The second kappa shape index (κ2) is 4.58. The van der Waals surface area contributed by atoms with Gasteiger partial charge in [0.15, 0.2) is 0 Å². The standard InChI is InChI=1S/C13H16O2/c14-9-10-1-3-11(4-2-10)12-5-7-13(15)8-6-12/h1-4,12,14H,5-9H2. The van der Waals surface area contributed by atoms with Gasteiger partial charge >= 0.3 is 0 Å². The molecule has 1 N–H and O–H groups in total. The second-order valence-corrected chi connectivity index (χ2v) is 4.21. The van der Waals surface area contributed by atoms with Crippen LogP contribution in [0, 0.1) is 0 Å². The van der Waals surface area contributed by atoms with E-state index in [1.54, 1.807) is 0 Å². The lowest BCUT2D eigenvalue weighted by Gasteiger charge is -2.21. The van der Waals surface area contributed by atoms with Crippen molar-refractivity contribution in [2.45, 2.75) is 38.2 Å². The van der Waals surface area contributed by atoms with Crippen LogP contribution in [0.5, 0.6) is 0 Å². The summed E-state index contributed by atoms with van der Waals surface area (Å²) in [5.74, 6) is 0.939. The molecule has 0 saturated heterocycles. The molecular formula is C13H16O2. The van der Waals surface area contributed by atoms with Crippen LogP contribution in [-0.4, -0.2) is 10.9 Å². The first-order valence-corrected chi connectivity index (χ1v) is 5.51. The summed E-state index contributed by atoms with van der Waals surface area (Å²) in [4.78, 5) is 11.1. The van der Waals surface area contributed by atoms with Crippen molar-refractivity contribution >= 4 is 5.78 Å². The van der Waals surface area contributed by atoms with Crippen LogP contribution in [0.2, 0.25) is 0 Å². The van der Waals surface area contributed by atoms with Crippen LogP contribution in [0.3, 0.4) is 0 Å². The molecule has 0 unspecified atom stereocenters. The first-order chi connectivity index (χ1) is 7.29. The third kappa shape index (κ3) is 2.45. The highest BCUT2D eigenvalue weighted by Crippen LogP contribution is 2.31. The van der Waals surface area contributed by atoms with Gasteiger partial charge in [0.2, 0.25) is 0 Å². The zero-order valence-corrected chi connectivity index (χ0v) is 8.78. The van der Waals surface area contributed by atoms with Crippen LogP contribution in [0.4, 0.5) is 0 Å². The molecule has 1 aromatic rings. The SMILES string of the molecule is O=C1CCC(c2ccc(CO)cc2)CC1. The number of hydrogen-bond donors (Lipinski definition) is 1. The molecule has 0 bridgehead atoms. The highest BCUT2D eigenvalue weighted by atomic mass is 16.3. The number of aliphatic hydroxyl groups excluding tert-OH is 1. The second-order valence-electron chi connectivity index (χ2n) is 4.21. The molecule has 0 amide bonds. The average Bonchev–Trinajstić information content (AvgIpc) is 2.30. The summed E-state index contributed by atoms with van der Waals surface area (Å²) < 4.78 is 0. The van der Waals surface area contributed by atoms with Crippen LogP contribution in [0.15, 0.2) is 24.3 Å². The van der Waals surface area contributed by atoms with Gasteiger partial charge in [0, 0.05) is 12.8 Å². The van der Waals surface area contributed by atoms with E-state index < -0.39 is 0 Å². The number of hydrogen-bond acceptors (Lipinski definition) is 2. The van der Waals surface area contributed by atoms with Crippen LogP contribution in [0.1, 0.15) is 42.7 Å². The number of ketones is 1. The minimum absolute atomic E-state index is 0.101. The van der Waals surface area contributed by atoms with Crippen LogP contribution in [0.25, 0.3) is 0 Å². The molecule has 0 aliphatic heterocycles. The first-order valence-electron chi connectivity index (χ1n) is 5.51. The van der Waals surface area contributed by atoms with E-state index in [1.165, 1.54) is 5.56 Å². The van der Waals surface area contributed by atoms with Crippen LogP contribution in [-0.2, 0) is 11.4 Å². The highest BCUT2D eigenvalue weighted by molar-refractivity contribution is 5.79. The number of carbonyl (C=O) groups is 1. The average molecular weight is 204 g/mol. The highest BCUT2D eigenvalue weighted by Gasteiger charge is 2.19. The number of aliphatic hydroxyl groups is 1. The molecule has 0 radical (unpaired) electrons. The quantitative estimate of drug-likeness (QED) is 0.803. The van der Waals surface area contributed by atoms with Crippen molar-refractivity contribution < 1.29 is 9.90 Å². The molecule has 1 saturated carbocycles. The maximum absolute atomic E-state index is 11.1. The Kier molecular flexibility index (Phi) is 3.17. The Hall–Kier alpha value is -1.15. The van der Waals surface area contributed by atoms with E-state index in [0.29, 0.717) is 11.7 Å². The predicted octanol–water partition coefficient (Wildman–Crippen LogP) is 2.41. The lowest BCUT2D eigenvalue weighted by molar-refractivity contribution is -0.120. The fourth-order valence-electron chi connectivity index (χ4n) is 2.17. The molecule has 0 heterocycles. The molecule has 80 valence electrons. The maximum atomic E-state index is 11.1. The molecule has 15 heavy (non-hydrogen) atoms. The number of carbonyl (C=O) groups excluding carboxylic acids is 1. The number of benzene rings is 1. The van der Waals surface area contributed by atoms with Crippen molar-refractivity contribution in [2.75, 3.05) is 0 Å². The summed E-state index contributed by atoms with van der Waals surface area (Å²) in [6.45, 7) is 0.101. The Labute approximate surface area is 89.9 Å². The zero-order chi connectivity index (χ0) is 10.7. The molecule has 0 atom stereocenters. The van der Waals surface area contributed by atoms with Crippen LogP contribution >= 0.6 is 0 Å². The van der Waals surface area contributed by atoms with E-state index in [1.807, 2.05) is 12.1 Å². The molecule has 1 aromatic carbocycles. The summed E-state index contributed by atoms with van der Waals surface area (Å²) >= 11 is 0. The largest absolute Gasteiger partial charge is 0.392 e. The molecule has 1 aliphatic rings. The van der Waals surface area contributed by atoms with E-state index >= 15 is 0 Å². The fraction of sp³-hybridized carbons (Fsp3) is 0.462. The predicted molar refractivity (Wildman–Crippen MR) is 58.6 cm³/mol. The van der Waals surface area contributed by atoms with Crippen molar-refractivity contribution in [3.63, 3.8) is 0 Å². The maximum Gasteiger partial charge on any atom is 0.132 e. The number of rotatable bonds is 2. The molecule has 2 rings (SSSR count). The summed E-state index contributed by atoms with van der Waals surface area (Å²) in [7, 11) is 0. The van der Waals surface area contributed by atoms with Gasteiger partial charge in [0.25, 0.3) is 0 Å². The van der Waals surface area contributed by atoms with Gasteiger partial charge < -0.3 is 5.11 Å². The van der Waals surface area contributed by atoms with Gasteiger partial charge in [-0.3, -0.25) is 4.79 Å². The smallest absolute Gasteiger partial charge is 0.132 e. The van der Waals surface area contributed by atoms with E-state index in [4.69, 9.17) is 5.11 Å². The van der Waals surface area contributed by atoms with Gasteiger partial charge in [-0.25, -0.2) is 0 Å². The van der Waals surface area contributed by atoms with Crippen molar-refractivity contribution in [1.82, 2.24) is 0 Å². The third-order valence-corrected chi connectivity index (χ3v) is 3.18. The van der Waals surface area contributed by atoms with Gasteiger partial charge in [-0.2, -0.15) is 0 Å². The Balaban J connectivity index is 2.06. The molecule has 2 heteroatoms. The summed E-state index contributed by atoms with van der Waals surface area (Å²) in [5, 5.41) is 8.93. The molecule has 1 aliphatic carbocycles. The molecule has 2 nitrogen and oxygen atoms in total. The zero-order valence-electron chi connectivity index (χ0n) is 8.78. The summed E-state index contributed by atoms with van der Waals surface area (Å²) in [6.07, 6.45) is 3.42. The van der Waals surface area contributed by atoms with Crippen molar-refractivity contribution in [1.29, 1.82) is 0 Å². The minimum Gasteiger partial charge on any atom is -0.392 e. The third-order valence-electron chi connectivity index (χ3n) is 3.18. The topological polar surface area (TPSA) is 37.3 Å². The van der Waals surface area contributed by atoms with Gasteiger partial charge in [-0.15, -0.1) is 0 Å². The molecule has 0 spiro atoms. The van der Waals surface area contributed by atoms with Crippen molar-refractivity contribution in [2.24, 2.45) is 0 Å². The Morgan fingerprint density at radius 3 is 2.27 bits per heavy atom. The normalized spacial score (nSPS) is 18.1. The molecular weight excluding hydrogens is 188 g/mol. The fourth-order valence-corrected chi connectivity index (χ4v) is 2.17. The lowest BCUT2D eigenvalue weighted by atomic mass is 9.83. The minimum atomic E-state index is 0.101. The van der Waals surface area contributed by atoms with Gasteiger partial charge in [-0.1, -0.05) is 24.3 Å². The van der Waals surface area contributed by atoms with E-state index in [0.717, 1.165) is 31.2 Å². The Bertz CT molecular complexity index is 330.